The van der Waals surface area contributed by atoms with Crippen molar-refractivity contribution < 1.29 is 9.21 Å². The highest BCUT2D eigenvalue weighted by molar-refractivity contribution is 5.81. The van der Waals surface area contributed by atoms with Crippen LogP contribution in [0.15, 0.2) is 58.4 Å². The van der Waals surface area contributed by atoms with Crippen LogP contribution in [0, 0.1) is 4.91 Å². The summed E-state index contributed by atoms with van der Waals surface area (Å²) in [6.45, 7) is 4.20. The SMILES string of the molecule is O=NC1CCc2cc(-c3oc(C4CCN(C(=O)CN5CCCCC5)CC4)cc3-c3ccncc3)ccc21. The van der Waals surface area contributed by atoms with Gasteiger partial charge < -0.3 is 9.32 Å². The van der Waals surface area contributed by atoms with E-state index in [-0.39, 0.29) is 17.9 Å². The fraction of sp³-hybridized carbons (Fsp3) is 0.467. The largest absolute Gasteiger partial charge is 0.460 e. The van der Waals surface area contributed by atoms with Crippen molar-refractivity contribution in [2.75, 3.05) is 32.7 Å². The first kappa shape index (κ1) is 24.0. The van der Waals surface area contributed by atoms with Gasteiger partial charge in [-0.1, -0.05) is 23.7 Å². The van der Waals surface area contributed by atoms with Crippen LogP contribution in [0.3, 0.4) is 0 Å². The van der Waals surface area contributed by atoms with Crippen LogP contribution in [0.4, 0.5) is 0 Å². The number of amides is 1. The molecular weight excluding hydrogens is 464 g/mol. The summed E-state index contributed by atoms with van der Waals surface area (Å²) in [4.78, 5) is 32.6. The minimum absolute atomic E-state index is 0.237. The molecule has 0 bridgehead atoms. The Bertz CT molecular complexity index is 1260. The molecule has 1 unspecified atom stereocenters. The molecule has 1 amide bonds. The third-order valence-electron chi connectivity index (χ3n) is 8.38. The Morgan fingerprint density at radius 2 is 1.73 bits per heavy atom. The molecule has 0 spiro atoms. The first-order chi connectivity index (χ1) is 18.2. The number of nitrogens with zero attached hydrogens (tertiary/aromatic N) is 4. The number of aryl methyl sites for hydroxylation is 1. The van der Waals surface area contributed by atoms with Gasteiger partial charge in [-0.2, -0.15) is 4.91 Å². The van der Waals surface area contributed by atoms with E-state index in [2.05, 4.69) is 33.3 Å². The van der Waals surface area contributed by atoms with E-state index in [0.29, 0.717) is 6.54 Å². The molecule has 2 saturated heterocycles. The molecule has 1 atom stereocenters. The number of hydrogen-bond acceptors (Lipinski definition) is 6. The number of furan rings is 1. The molecule has 7 heteroatoms. The van der Waals surface area contributed by atoms with Gasteiger partial charge in [0.15, 0.2) is 0 Å². The number of carbonyl (C=O) groups excluding carboxylic acids is 1. The van der Waals surface area contributed by atoms with Gasteiger partial charge in [0.2, 0.25) is 5.91 Å². The molecule has 3 aromatic rings. The van der Waals surface area contributed by atoms with E-state index in [1.807, 2.05) is 23.1 Å². The van der Waals surface area contributed by atoms with Crippen LogP contribution in [0.25, 0.3) is 22.5 Å². The molecule has 1 aliphatic carbocycles. The van der Waals surface area contributed by atoms with Gasteiger partial charge in [0.05, 0.1) is 6.54 Å². The summed E-state index contributed by atoms with van der Waals surface area (Å²) in [5.74, 6) is 2.39. The van der Waals surface area contributed by atoms with Gasteiger partial charge in [-0.25, -0.2) is 0 Å². The molecule has 192 valence electrons. The molecule has 1 aromatic carbocycles. The van der Waals surface area contributed by atoms with E-state index < -0.39 is 0 Å². The molecule has 7 nitrogen and oxygen atoms in total. The lowest BCUT2D eigenvalue weighted by Crippen LogP contribution is -2.45. The second kappa shape index (κ2) is 10.6. The second-order valence-corrected chi connectivity index (χ2v) is 10.7. The van der Waals surface area contributed by atoms with Crippen molar-refractivity contribution in [1.29, 1.82) is 0 Å². The molecule has 0 saturated carbocycles. The smallest absolute Gasteiger partial charge is 0.236 e. The Balaban J connectivity index is 1.22. The number of carbonyl (C=O) groups is 1. The molecule has 0 radical (unpaired) electrons. The lowest BCUT2D eigenvalue weighted by molar-refractivity contribution is -0.133. The monoisotopic (exact) mass is 498 g/mol. The number of likely N-dealkylation sites (tertiary alicyclic amines) is 2. The third kappa shape index (κ3) is 4.97. The molecular formula is C30H34N4O3. The minimum Gasteiger partial charge on any atom is -0.460 e. The van der Waals surface area contributed by atoms with E-state index in [1.54, 1.807) is 12.4 Å². The molecule has 0 N–H and O–H groups in total. The molecule has 2 aliphatic heterocycles. The highest BCUT2D eigenvalue weighted by Crippen LogP contribution is 2.42. The lowest BCUT2D eigenvalue weighted by atomic mass is 9.93. The van der Waals surface area contributed by atoms with Gasteiger partial charge >= 0.3 is 0 Å². The second-order valence-electron chi connectivity index (χ2n) is 10.7. The van der Waals surface area contributed by atoms with E-state index >= 15 is 0 Å². The van der Waals surface area contributed by atoms with Crippen molar-refractivity contribution in [2.24, 2.45) is 5.18 Å². The Labute approximate surface area is 217 Å². The maximum Gasteiger partial charge on any atom is 0.236 e. The summed E-state index contributed by atoms with van der Waals surface area (Å²) in [5.41, 5.74) is 5.38. The molecule has 37 heavy (non-hydrogen) atoms. The first-order valence-corrected chi connectivity index (χ1v) is 13.7. The quantitative estimate of drug-likeness (QED) is 0.392. The van der Waals surface area contributed by atoms with Crippen molar-refractivity contribution in [3.63, 3.8) is 0 Å². The highest BCUT2D eigenvalue weighted by Gasteiger charge is 2.29. The summed E-state index contributed by atoms with van der Waals surface area (Å²) >= 11 is 0. The molecule has 2 fully saturated rings. The predicted molar refractivity (Wildman–Crippen MR) is 143 cm³/mol. The van der Waals surface area contributed by atoms with Crippen LogP contribution in [-0.2, 0) is 11.2 Å². The zero-order valence-electron chi connectivity index (χ0n) is 21.3. The third-order valence-corrected chi connectivity index (χ3v) is 8.38. The molecule has 6 rings (SSSR count). The van der Waals surface area contributed by atoms with Gasteiger partial charge in [-0.05, 0) is 92.6 Å². The Hall–Kier alpha value is -3.32. The summed E-state index contributed by atoms with van der Waals surface area (Å²) in [6, 6.07) is 12.2. The number of hydrogen-bond donors (Lipinski definition) is 0. The van der Waals surface area contributed by atoms with Crippen LogP contribution in [0.2, 0.25) is 0 Å². The standard InChI is InChI=1S/C30H34N4O3/c35-29(20-33-14-2-1-3-15-33)34-16-10-22(11-17-34)28-19-26(21-8-12-31-13-9-21)30(37-28)24-4-6-25-23(18-24)5-7-27(25)32-36/h4,6,8-9,12-13,18-19,22,27H,1-3,5,7,10-11,14-17,20H2. The maximum absolute atomic E-state index is 12.9. The number of rotatable bonds is 6. The van der Waals surface area contributed by atoms with E-state index in [9.17, 15) is 9.70 Å². The lowest BCUT2D eigenvalue weighted by Gasteiger charge is -2.34. The van der Waals surface area contributed by atoms with Crippen LogP contribution >= 0.6 is 0 Å². The fourth-order valence-corrected chi connectivity index (χ4v) is 6.24. The van der Waals surface area contributed by atoms with Crippen molar-refractivity contribution in [1.82, 2.24) is 14.8 Å². The van der Waals surface area contributed by atoms with Crippen molar-refractivity contribution >= 4 is 5.91 Å². The number of pyridine rings is 1. The Kier molecular flexibility index (Phi) is 6.87. The number of piperidine rings is 2. The predicted octanol–water partition coefficient (Wildman–Crippen LogP) is 5.95. The normalized spacial score (nSPS) is 20.6. The van der Waals surface area contributed by atoms with E-state index in [4.69, 9.17) is 4.42 Å². The molecule has 4 heterocycles. The minimum atomic E-state index is -0.237. The van der Waals surface area contributed by atoms with Gasteiger partial charge in [-0.3, -0.25) is 14.7 Å². The number of benzene rings is 1. The topological polar surface area (TPSA) is 79.0 Å². The molecule has 3 aliphatic rings. The number of aromatic nitrogens is 1. The zero-order chi connectivity index (χ0) is 25.2. The number of fused-ring (bicyclic) bond motifs is 1. The zero-order valence-corrected chi connectivity index (χ0v) is 21.3. The summed E-state index contributed by atoms with van der Waals surface area (Å²) in [6.07, 6.45) is 10.8. The average Bonchev–Trinajstić information content (AvgIpc) is 3.58. The van der Waals surface area contributed by atoms with Gasteiger partial charge in [0, 0.05) is 42.5 Å². The van der Waals surface area contributed by atoms with Crippen molar-refractivity contribution in [3.05, 3.63) is 70.6 Å². The highest BCUT2D eigenvalue weighted by atomic mass is 16.3. The summed E-state index contributed by atoms with van der Waals surface area (Å²) in [5, 5.41) is 3.30. The van der Waals surface area contributed by atoms with Crippen molar-refractivity contribution in [3.8, 4) is 22.5 Å². The van der Waals surface area contributed by atoms with Crippen LogP contribution < -0.4 is 0 Å². The average molecular weight is 499 g/mol. The maximum atomic E-state index is 12.9. The molecule has 2 aromatic heterocycles. The Morgan fingerprint density at radius 3 is 2.49 bits per heavy atom. The van der Waals surface area contributed by atoms with Gasteiger partial charge in [0.1, 0.15) is 17.6 Å². The number of nitroso groups, excluding NO2 is 1. The summed E-state index contributed by atoms with van der Waals surface area (Å²) in [7, 11) is 0. The van der Waals surface area contributed by atoms with Gasteiger partial charge in [-0.15, -0.1) is 0 Å². The Morgan fingerprint density at radius 1 is 0.946 bits per heavy atom. The van der Waals surface area contributed by atoms with Crippen LogP contribution in [-0.4, -0.2) is 53.4 Å². The van der Waals surface area contributed by atoms with E-state index in [1.165, 1.54) is 24.8 Å². The van der Waals surface area contributed by atoms with Crippen LogP contribution in [0.5, 0.6) is 0 Å². The fourth-order valence-electron chi connectivity index (χ4n) is 6.24. The van der Waals surface area contributed by atoms with E-state index in [0.717, 1.165) is 85.6 Å². The van der Waals surface area contributed by atoms with Crippen molar-refractivity contribution in [2.45, 2.75) is 56.9 Å². The summed E-state index contributed by atoms with van der Waals surface area (Å²) < 4.78 is 6.61. The van der Waals surface area contributed by atoms with Gasteiger partial charge in [0.25, 0.3) is 0 Å². The van der Waals surface area contributed by atoms with Crippen LogP contribution in [0.1, 0.15) is 67.4 Å². The first-order valence-electron chi connectivity index (χ1n) is 13.7.